The molecule has 6 heterocycles. The molecular formula is C50H42N10O. The quantitative estimate of drug-likeness (QED) is 0.133. The number of aromatic nitrogens is 6. The molecule has 4 aromatic heterocycles. The number of pyridine rings is 2. The van der Waals surface area contributed by atoms with Crippen molar-refractivity contribution in [2.45, 2.75) is 45.6 Å². The molecule has 0 radical (unpaired) electrons. The topological polar surface area (TPSA) is 134 Å². The molecule has 0 atom stereocenters. The predicted molar refractivity (Wildman–Crippen MR) is 241 cm³/mol. The summed E-state index contributed by atoms with van der Waals surface area (Å²) in [7, 11) is 0. The van der Waals surface area contributed by atoms with Crippen LogP contribution in [-0.4, -0.2) is 41.1 Å². The van der Waals surface area contributed by atoms with E-state index in [1.165, 1.54) is 33.4 Å². The number of nitrogens with one attached hydrogen (secondary N) is 3. The Balaban J connectivity index is 0.000000123. The minimum absolute atomic E-state index is 0.805. The molecule has 3 N–H and O–H groups in total. The molecule has 2 aliphatic carbocycles. The van der Waals surface area contributed by atoms with Crippen molar-refractivity contribution < 1.29 is 4.79 Å². The Kier molecular flexibility index (Phi) is 10.5. The van der Waals surface area contributed by atoms with Gasteiger partial charge in [-0.15, -0.1) is 0 Å². The lowest BCUT2D eigenvalue weighted by Gasteiger charge is -2.17. The molecule has 0 spiro atoms. The van der Waals surface area contributed by atoms with Crippen molar-refractivity contribution >= 4 is 63.3 Å². The lowest BCUT2D eigenvalue weighted by molar-refractivity contribution is 0.112. The zero-order valence-corrected chi connectivity index (χ0v) is 33.4. The number of anilines is 4. The van der Waals surface area contributed by atoms with Crippen LogP contribution in [0.15, 0.2) is 134 Å². The van der Waals surface area contributed by atoms with E-state index in [1.54, 1.807) is 12.7 Å². The molecule has 0 saturated heterocycles. The average molecular weight is 799 g/mol. The number of hydrogen-bond acceptors (Lipinski definition) is 11. The monoisotopic (exact) mass is 798 g/mol. The van der Waals surface area contributed by atoms with Crippen LogP contribution >= 0.6 is 0 Å². The number of carbonyl (C=O) groups excluding carboxylic acids is 1. The third-order valence-corrected chi connectivity index (χ3v) is 11.4. The number of nitrogens with zero attached hydrogens (tertiary/aromatic N) is 7. The van der Waals surface area contributed by atoms with Gasteiger partial charge in [0.05, 0.1) is 46.2 Å². The molecule has 298 valence electrons. The summed E-state index contributed by atoms with van der Waals surface area (Å²) in [6.07, 6.45) is 18.4. The molecule has 61 heavy (non-hydrogen) atoms. The van der Waals surface area contributed by atoms with Crippen LogP contribution in [0, 0.1) is 0 Å². The summed E-state index contributed by atoms with van der Waals surface area (Å²) in [5.41, 5.74) is 15.8. The number of hydrogen-bond donors (Lipinski definition) is 3. The maximum atomic E-state index is 10.5. The van der Waals surface area contributed by atoms with Crippen molar-refractivity contribution in [1.82, 2.24) is 40.1 Å². The van der Waals surface area contributed by atoms with E-state index in [4.69, 9.17) is 0 Å². The van der Waals surface area contributed by atoms with E-state index in [9.17, 15) is 4.79 Å². The summed E-state index contributed by atoms with van der Waals surface area (Å²) >= 11 is 0. The Morgan fingerprint density at radius 1 is 0.590 bits per heavy atom. The summed E-state index contributed by atoms with van der Waals surface area (Å²) in [4.78, 5) is 39.7. The average Bonchev–Trinajstić information content (AvgIpc) is 4.15. The maximum absolute atomic E-state index is 10.5. The van der Waals surface area contributed by atoms with Crippen LogP contribution in [0.5, 0.6) is 0 Å². The number of benzene rings is 4. The molecule has 4 aliphatic rings. The van der Waals surface area contributed by atoms with Gasteiger partial charge >= 0.3 is 0 Å². The Bertz CT molecular complexity index is 3000. The van der Waals surface area contributed by atoms with Gasteiger partial charge in [0.25, 0.3) is 0 Å². The number of fused-ring (bicyclic) bond motifs is 6. The van der Waals surface area contributed by atoms with E-state index >= 15 is 0 Å². The summed E-state index contributed by atoms with van der Waals surface area (Å²) in [6.45, 7) is 4.23. The second-order valence-electron chi connectivity index (χ2n) is 15.4. The van der Waals surface area contributed by atoms with Gasteiger partial charge in [0.15, 0.2) is 0 Å². The van der Waals surface area contributed by atoms with E-state index in [-0.39, 0.29) is 0 Å². The zero-order chi connectivity index (χ0) is 41.0. The van der Waals surface area contributed by atoms with Crippen molar-refractivity contribution in [3.63, 3.8) is 0 Å². The van der Waals surface area contributed by atoms with Crippen molar-refractivity contribution in [3.05, 3.63) is 190 Å². The summed E-state index contributed by atoms with van der Waals surface area (Å²) in [5, 5.41) is 12.3. The Morgan fingerprint density at radius 3 is 1.92 bits per heavy atom. The molecule has 0 bridgehead atoms. The second-order valence-corrected chi connectivity index (χ2v) is 15.4. The van der Waals surface area contributed by atoms with Gasteiger partial charge in [-0.3, -0.25) is 19.7 Å². The van der Waals surface area contributed by atoms with Gasteiger partial charge in [-0.1, -0.05) is 97.1 Å². The van der Waals surface area contributed by atoms with Crippen molar-refractivity contribution in [3.8, 4) is 0 Å². The molecule has 2 aliphatic heterocycles. The highest BCUT2D eigenvalue weighted by atomic mass is 16.1. The fourth-order valence-electron chi connectivity index (χ4n) is 8.40. The van der Waals surface area contributed by atoms with Gasteiger partial charge in [-0.05, 0) is 64.9 Å². The first-order valence-corrected chi connectivity index (χ1v) is 20.5. The maximum Gasteiger partial charge on any atom is 0.150 e. The first-order valence-electron chi connectivity index (χ1n) is 20.5. The molecular weight excluding hydrogens is 757 g/mol. The fourth-order valence-corrected chi connectivity index (χ4v) is 8.40. The number of allylic oxidation sites excluding steroid dienone is 2. The van der Waals surface area contributed by atoms with Crippen LogP contribution in [0.25, 0.3) is 34.0 Å². The number of carbonyl (C=O) groups is 1. The van der Waals surface area contributed by atoms with Crippen LogP contribution in [0.3, 0.4) is 0 Å². The molecule has 0 fully saturated rings. The standard InChI is InChI=1S/C25H21N5.C15H13N5.C10H8O/c1-2-10-23-18(5-1)11-20(12-26-23)29-25-22-14-30(15-24(22)27-16-28-25)13-19-8-3-6-17-7-4-9-21(17)19;1-2-4-13-10(3-1)5-11(6-17-13)20-15-12-7-16-8-14(12)18-9-19-15;11-7-9-5-1-3-8-4-2-6-10(8)9/h1-8,10-12,16H,9,13-15H2,(H,27,28,29);1-6,9,16H,7-8H2,(H,18,19,20);1-5,7H,6H2. The highest BCUT2D eigenvalue weighted by Crippen LogP contribution is 2.32. The first kappa shape index (κ1) is 37.8. The van der Waals surface area contributed by atoms with E-state index in [2.05, 4.69) is 118 Å². The molecule has 8 aromatic rings. The van der Waals surface area contributed by atoms with Gasteiger partial charge in [0, 0.05) is 60.2 Å². The van der Waals surface area contributed by atoms with Crippen molar-refractivity contribution in [2.75, 3.05) is 10.6 Å². The smallest absolute Gasteiger partial charge is 0.150 e. The molecule has 12 rings (SSSR count). The molecule has 0 unspecified atom stereocenters. The molecule has 11 nitrogen and oxygen atoms in total. The minimum atomic E-state index is 0.805. The summed E-state index contributed by atoms with van der Waals surface area (Å²) in [6, 6.07) is 32.8. The van der Waals surface area contributed by atoms with Crippen LogP contribution < -0.4 is 16.0 Å². The van der Waals surface area contributed by atoms with Crippen LogP contribution in [0.1, 0.15) is 60.7 Å². The fraction of sp³-hybridized carbons (Fsp3) is 0.140. The number of aldehydes is 1. The molecule has 11 heteroatoms. The van der Waals surface area contributed by atoms with E-state index in [0.29, 0.717) is 0 Å². The second kappa shape index (κ2) is 17.0. The highest BCUT2D eigenvalue weighted by Gasteiger charge is 2.25. The third kappa shape index (κ3) is 8.12. The first-order chi connectivity index (χ1) is 30.1. The van der Waals surface area contributed by atoms with Crippen molar-refractivity contribution in [2.24, 2.45) is 0 Å². The van der Waals surface area contributed by atoms with Gasteiger partial charge in [-0.25, -0.2) is 19.9 Å². The molecule has 0 amide bonds. The van der Waals surface area contributed by atoms with Gasteiger partial charge in [0.1, 0.15) is 30.6 Å². The van der Waals surface area contributed by atoms with Crippen LogP contribution in [-0.2, 0) is 45.6 Å². The van der Waals surface area contributed by atoms with E-state index < -0.39 is 0 Å². The van der Waals surface area contributed by atoms with Crippen LogP contribution in [0.2, 0.25) is 0 Å². The molecule has 4 aromatic carbocycles. The Labute approximate surface area is 353 Å². The van der Waals surface area contributed by atoms with Crippen molar-refractivity contribution in [1.29, 1.82) is 0 Å². The number of rotatable bonds is 7. The summed E-state index contributed by atoms with van der Waals surface area (Å²) in [5.74, 6) is 1.73. The van der Waals surface area contributed by atoms with Gasteiger partial charge in [-0.2, -0.15) is 0 Å². The predicted octanol–water partition coefficient (Wildman–Crippen LogP) is 9.29. The molecule has 0 saturated carbocycles. The lowest BCUT2D eigenvalue weighted by Crippen LogP contribution is -2.17. The highest BCUT2D eigenvalue weighted by molar-refractivity contribution is 5.84. The van der Waals surface area contributed by atoms with Gasteiger partial charge < -0.3 is 16.0 Å². The zero-order valence-electron chi connectivity index (χ0n) is 33.4. The largest absolute Gasteiger partial charge is 0.339 e. The lowest BCUT2D eigenvalue weighted by atomic mass is 10.0. The number of para-hydroxylation sites is 2. The third-order valence-electron chi connectivity index (χ3n) is 11.4. The Morgan fingerprint density at radius 2 is 1.21 bits per heavy atom. The normalized spacial score (nSPS) is 14.0. The summed E-state index contributed by atoms with van der Waals surface area (Å²) < 4.78 is 0. The van der Waals surface area contributed by atoms with Gasteiger partial charge in [0.2, 0.25) is 0 Å². The minimum Gasteiger partial charge on any atom is -0.339 e. The van der Waals surface area contributed by atoms with E-state index in [0.717, 1.165) is 119 Å². The van der Waals surface area contributed by atoms with Crippen LogP contribution in [0.4, 0.5) is 23.0 Å². The SMILES string of the molecule is C1=Cc2cccc(CN3Cc4ncnc(Nc5cnc6ccccc6c5)c4C3)c2C1.O=Cc1cccc2c1CC=C2.c1ccc2ncc(Nc3ncnc4c3CNC4)cc2c1. The van der Waals surface area contributed by atoms with E-state index in [1.807, 2.05) is 67.0 Å². The Hall–Kier alpha value is -7.47.